The Morgan fingerprint density at radius 3 is 2.24 bits per heavy atom. The Morgan fingerprint density at radius 2 is 1.66 bits per heavy atom. The van der Waals surface area contributed by atoms with Crippen LogP contribution in [0.4, 0.5) is 5.69 Å². The van der Waals surface area contributed by atoms with Gasteiger partial charge in [0.2, 0.25) is 11.8 Å². The van der Waals surface area contributed by atoms with Crippen molar-refractivity contribution in [1.29, 1.82) is 0 Å². The average Bonchev–Trinajstić information content (AvgIpc) is 2.71. The van der Waals surface area contributed by atoms with Gasteiger partial charge in [0.1, 0.15) is 5.75 Å². The molecule has 2 amide bonds. The molecule has 2 rings (SSSR count). The second-order valence-corrected chi connectivity index (χ2v) is 6.28. The van der Waals surface area contributed by atoms with Crippen LogP contribution >= 0.6 is 0 Å². The molecule has 0 aromatic heterocycles. The van der Waals surface area contributed by atoms with Gasteiger partial charge in [0.15, 0.2) is 0 Å². The highest BCUT2D eigenvalue weighted by molar-refractivity contribution is 6.00. The van der Waals surface area contributed by atoms with Crippen molar-refractivity contribution in [3.8, 4) is 5.75 Å². The number of ether oxygens (including phenoxy) is 1. The Kier molecular flexibility index (Phi) is 7.84. The Labute approximate surface area is 167 Å². The first-order valence-electron chi connectivity index (χ1n) is 8.82. The summed E-state index contributed by atoms with van der Waals surface area (Å²) in [4.78, 5) is 34.0. The third-order valence-corrected chi connectivity index (χ3v) is 3.95. The molecule has 0 saturated carbocycles. The lowest BCUT2D eigenvalue weighted by Crippen LogP contribution is -2.26. The molecule has 2 aromatic rings. The zero-order chi connectivity index (χ0) is 21.2. The summed E-state index contributed by atoms with van der Waals surface area (Å²) in [6.45, 7) is 2.02. The number of nitro groups is 1. The number of hydrogen-bond donors (Lipinski definition) is 2. The monoisotopic (exact) mass is 398 g/mol. The zero-order valence-electron chi connectivity index (χ0n) is 16.2. The Morgan fingerprint density at radius 1 is 1.03 bits per heavy atom. The lowest BCUT2D eigenvalue weighted by Gasteiger charge is -2.07. The third kappa shape index (κ3) is 7.41. The molecule has 0 spiro atoms. The molecule has 0 heterocycles. The summed E-state index contributed by atoms with van der Waals surface area (Å²) in [5.74, 6) is 0.149. The fraction of sp³-hybridized carbons (Fsp3) is 0.250. The molecule has 9 nitrogen and oxygen atoms in total. The molecule has 0 radical (unpaired) electrons. The maximum atomic E-state index is 12.0. The SMILES string of the molecule is COc1ccc(CNC(=O)C/C(C)=N/NC(=O)Cc2ccc([N+](=O)[O-])cc2)cc1. The largest absolute Gasteiger partial charge is 0.497 e. The van der Waals surface area contributed by atoms with Crippen LogP contribution in [0.5, 0.6) is 5.75 Å². The van der Waals surface area contributed by atoms with Gasteiger partial charge in [-0.2, -0.15) is 5.10 Å². The zero-order valence-corrected chi connectivity index (χ0v) is 16.2. The van der Waals surface area contributed by atoms with Crippen molar-refractivity contribution in [3.63, 3.8) is 0 Å². The summed E-state index contributed by atoms with van der Waals surface area (Å²) in [6.07, 6.45) is 0.0758. The first-order valence-corrected chi connectivity index (χ1v) is 8.82. The quantitative estimate of drug-likeness (QED) is 0.381. The standard InChI is InChI=1S/C20H22N4O5/c1-14(11-19(25)21-13-16-5-9-18(29-2)10-6-16)22-23-20(26)12-15-3-7-17(8-4-15)24(27)28/h3-10H,11-13H2,1-2H3,(H,21,25)(H,23,26)/b22-14+. The number of carbonyl (C=O) groups is 2. The van der Waals surface area contributed by atoms with E-state index in [1.165, 1.54) is 24.3 Å². The summed E-state index contributed by atoms with van der Waals surface area (Å²) in [7, 11) is 1.59. The first-order chi connectivity index (χ1) is 13.9. The highest BCUT2D eigenvalue weighted by atomic mass is 16.6. The number of nitro benzene ring substituents is 1. The van der Waals surface area contributed by atoms with Gasteiger partial charge >= 0.3 is 0 Å². The van der Waals surface area contributed by atoms with Crippen molar-refractivity contribution in [2.45, 2.75) is 26.3 Å². The molecular formula is C20H22N4O5. The van der Waals surface area contributed by atoms with E-state index in [1.54, 1.807) is 14.0 Å². The van der Waals surface area contributed by atoms with Crippen molar-refractivity contribution in [2.24, 2.45) is 5.10 Å². The number of amides is 2. The van der Waals surface area contributed by atoms with Gasteiger partial charge in [-0.15, -0.1) is 0 Å². The van der Waals surface area contributed by atoms with E-state index in [-0.39, 0.29) is 30.3 Å². The first kappa shape index (κ1) is 21.5. The summed E-state index contributed by atoms with van der Waals surface area (Å²) in [5, 5.41) is 17.3. The summed E-state index contributed by atoms with van der Waals surface area (Å²) in [6, 6.07) is 13.1. The molecule has 152 valence electrons. The van der Waals surface area contributed by atoms with E-state index in [1.807, 2.05) is 24.3 Å². The second-order valence-electron chi connectivity index (χ2n) is 6.28. The van der Waals surface area contributed by atoms with Crippen LogP contribution in [0.25, 0.3) is 0 Å². The fourth-order valence-corrected chi connectivity index (χ4v) is 2.40. The van der Waals surface area contributed by atoms with Gasteiger partial charge in [-0.3, -0.25) is 19.7 Å². The number of hydrazone groups is 1. The summed E-state index contributed by atoms with van der Waals surface area (Å²) < 4.78 is 5.08. The number of nitrogens with one attached hydrogen (secondary N) is 2. The van der Waals surface area contributed by atoms with E-state index in [0.29, 0.717) is 17.8 Å². The molecule has 29 heavy (non-hydrogen) atoms. The van der Waals surface area contributed by atoms with Crippen LogP contribution < -0.4 is 15.5 Å². The van der Waals surface area contributed by atoms with Crippen LogP contribution in [0.15, 0.2) is 53.6 Å². The number of non-ortho nitro benzene ring substituents is 1. The minimum absolute atomic E-state index is 0.0262. The van der Waals surface area contributed by atoms with E-state index in [0.717, 1.165) is 11.3 Å². The number of carbonyl (C=O) groups excluding carboxylic acids is 2. The van der Waals surface area contributed by atoms with Crippen molar-refractivity contribution in [1.82, 2.24) is 10.7 Å². The molecule has 0 aliphatic rings. The van der Waals surface area contributed by atoms with Crippen LogP contribution in [-0.4, -0.2) is 29.6 Å². The third-order valence-electron chi connectivity index (χ3n) is 3.95. The number of rotatable bonds is 9. The molecule has 0 atom stereocenters. The Bertz CT molecular complexity index is 892. The molecule has 0 unspecified atom stereocenters. The van der Waals surface area contributed by atoms with Crippen LogP contribution in [0.1, 0.15) is 24.5 Å². The predicted molar refractivity (Wildman–Crippen MR) is 108 cm³/mol. The normalized spacial score (nSPS) is 10.9. The smallest absolute Gasteiger partial charge is 0.269 e. The van der Waals surface area contributed by atoms with Gasteiger partial charge in [0.05, 0.1) is 24.9 Å². The minimum atomic E-state index is -0.503. The predicted octanol–water partition coefficient (Wildman–Crippen LogP) is 2.34. The van der Waals surface area contributed by atoms with Gasteiger partial charge in [-0.25, -0.2) is 5.43 Å². The number of nitrogens with zero attached hydrogens (tertiary/aromatic N) is 2. The van der Waals surface area contributed by atoms with Gasteiger partial charge in [0, 0.05) is 24.4 Å². The van der Waals surface area contributed by atoms with Crippen molar-refractivity contribution < 1.29 is 19.2 Å². The van der Waals surface area contributed by atoms with Gasteiger partial charge in [0.25, 0.3) is 5.69 Å². The topological polar surface area (TPSA) is 123 Å². The highest BCUT2D eigenvalue weighted by Gasteiger charge is 2.08. The van der Waals surface area contributed by atoms with Crippen molar-refractivity contribution in [2.75, 3.05) is 7.11 Å². The molecule has 2 aromatic carbocycles. The molecule has 0 fully saturated rings. The lowest BCUT2D eigenvalue weighted by atomic mass is 10.1. The number of benzene rings is 2. The maximum Gasteiger partial charge on any atom is 0.269 e. The average molecular weight is 398 g/mol. The van der Waals surface area contributed by atoms with Crippen LogP contribution in [0, 0.1) is 10.1 Å². The van der Waals surface area contributed by atoms with Gasteiger partial charge < -0.3 is 10.1 Å². The molecule has 9 heteroatoms. The number of methoxy groups -OCH3 is 1. The highest BCUT2D eigenvalue weighted by Crippen LogP contribution is 2.12. The molecular weight excluding hydrogens is 376 g/mol. The Balaban J connectivity index is 1.75. The molecule has 0 bridgehead atoms. The lowest BCUT2D eigenvalue weighted by molar-refractivity contribution is -0.384. The van der Waals surface area contributed by atoms with E-state index in [2.05, 4.69) is 15.8 Å². The Hall–Kier alpha value is -3.75. The van der Waals surface area contributed by atoms with Gasteiger partial charge in [-0.1, -0.05) is 24.3 Å². The van der Waals surface area contributed by atoms with Crippen LogP contribution in [0.3, 0.4) is 0 Å². The van der Waals surface area contributed by atoms with E-state index in [4.69, 9.17) is 4.74 Å². The molecule has 0 saturated heterocycles. The van der Waals surface area contributed by atoms with Gasteiger partial charge in [-0.05, 0) is 30.2 Å². The van der Waals surface area contributed by atoms with E-state index in [9.17, 15) is 19.7 Å². The summed E-state index contributed by atoms with van der Waals surface area (Å²) in [5.41, 5.74) is 4.35. The van der Waals surface area contributed by atoms with Crippen molar-refractivity contribution >= 4 is 23.2 Å². The second kappa shape index (κ2) is 10.5. The maximum absolute atomic E-state index is 12.0. The summed E-state index contributed by atoms with van der Waals surface area (Å²) >= 11 is 0. The number of hydrogen-bond acceptors (Lipinski definition) is 6. The van der Waals surface area contributed by atoms with Crippen LogP contribution in [-0.2, 0) is 22.6 Å². The van der Waals surface area contributed by atoms with E-state index < -0.39 is 4.92 Å². The molecule has 0 aliphatic carbocycles. The molecule has 0 aliphatic heterocycles. The minimum Gasteiger partial charge on any atom is -0.497 e. The van der Waals surface area contributed by atoms with Crippen LogP contribution in [0.2, 0.25) is 0 Å². The fourth-order valence-electron chi connectivity index (χ4n) is 2.40. The molecule has 2 N–H and O–H groups in total. The van der Waals surface area contributed by atoms with Crippen molar-refractivity contribution in [3.05, 3.63) is 69.8 Å². The van der Waals surface area contributed by atoms with E-state index >= 15 is 0 Å².